The van der Waals surface area contributed by atoms with Crippen molar-refractivity contribution in [2.45, 2.75) is 45.4 Å². The largest absolute Gasteiger partial charge is 0.465 e. The van der Waals surface area contributed by atoms with Crippen LogP contribution in [-0.4, -0.2) is 18.4 Å². The van der Waals surface area contributed by atoms with Gasteiger partial charge in [0.25, 0.3) is 0 Å². The molecule has 28 heavy (non-hydrogen) atoms. The summed E-state index contributed by atoms with van der Waals surface area (Å²) in [5.74, 6) is 0.635. The van der Waals surface area contributed by atoms with Crippen molar-refractivity contribution in [3.05, 3.63) is 68.6 Å². The van der Waals surface area contributed by atoms with Crippen LogP contribution in [0.25, 0.3) is 0 Å². The number of rotatable bonds is 4. The Morgan fingerprint density at radius 2 is 2.11 bits per heavy atom. The molecule has 2 aliphatic rings. The molecule has 6 heteroatoms. The first kappa shape index (κ1) is 18.7. The summed E-state index contributed by atoms with van der Waals surface area (Å²) in [6.07, 6.45) is 1.18. The van der Waals surface area contributed by atoms with Gasteiger partial charge in [-0.1, -0.05) is 6.07 Å². The van der Waals surface area contributed by atoms with Crippen LogP contribution < -0.4 is 5.32 Å². The monoisotopic (exact) mass is 397 g/mol. The molecule has 2 aromatic rings. The Kier molecular flexibility index (Phi) is 4.98. The van der Waals surface area contributed by atoms with Crippen LogP contribution in [0, 0.1) is 6.92 Å². The molecular formula is C22H23NO4S. The summed E-state index contributed by atoms with van der Waals surface area (Å²) in [5.41, 5.74) is 2.70. The molecule has 2 atom stereocenters. The molecule has 0 radical (unpaired) electrons. The fraction of sp³-hybridized carbons (Fsp3) is 0.364. The van der Waals surface area contributed by atoms with Crippen molar-refractivity contribution in [3.8, 4) is 0 Å². The van der Waals surface area contributed by atoms with Crippen LogP contribution in [0.15, 0.2) is 56.6 Å². The van der Waals surface area contributed by atoms with Crippen LogP contribution in [0.3, 0.4) is 0 Å². The summed E-state index contributed by atoms with van der Waals surface area (Å²) < 4.78 is 11.2. The number of furan rings is 1. The van der Waals surface area contributed by atoms with Crippen molar-refractivity contribution in [1.29, 1.82) is 0 Å². The molecule has 1 aliphatic carbocycles. The van der Waals surface area contributed by atoms with Gasteiger partial charge in [0.15, 0.2) is 5.78 Å². The lowest BCUT2D eigenvalue weighted by Crippen LogP contribution is -2.36. The highest BCUT2D eigenvalue weighted by atomic mass is 32.1. The van der Waals surface area contributed by atoms with Gasteiger partial charge >= 0.3 is 5.97 Å². The number of allylic oxidation sites excluding steroid dienone is 3. The molecule has 0 spiro atoms. The van der Waals surface area contributed by atoms with Gasteiger partial charge < -0.3 is 14.5 Å². The number of aryl methyl sites for hydroxylation is 1. The van der Waals surface area contributed by atoms with Crippen molar-refractivity contribution in [3.63, 3.8) is 0 Å². The molecule has 5 nitrogen and oxygen atoms in total. The number of hydrogen-bond acceptors (Lipinski definition) is 6. The number of dihydropyridines is 1. The summed E-state index contributed by atoms with van der Waals surface area (Å²) >= 11 is 1.68. The second-order valence-electron chi connectivity index (χ2n) is 7.20. The molecule has 1 N–H and O–H groups in total. The van der Waals surface area contributed by atoms with E-state index in [0.717, 1.165) is 23.6 Å². The molecule has 3 heterocycles. The molecule has 0 aromatic carbocycles. The summed E-state index contributed by atoms with van der Waals surface area (Å²) in [4.78, 5) is 27.2. The second kappa shape index (κ2) is 7.43. The Bertz CT molecular complexity index is 980. The summed E-state index contributed by atoms with van der Waals surface area (Å²) in [7, 11) is 0. The highest BCUT2D eigenvalue weighted by Gasteiger charge is 2.42. The molecule has 4 rings (SSSR count). The SMILES string of the molecule is CCOC(=O)C1=C(C)NC2=C(C(=O)C[C@@H](c3cccs3)C2)[C@@H]1c1ccc(C)o1. The first-order valence-corrected chi connectivity index (χ1v) is 10.4. The average molecular weight is 397 g/mol. The minimum atomic E-state index is -0.527. The summed E-state index contributed by atoms with van der Waals surface area (Å²) in [6, 6.07) is 7.80. The molecular weight excluding hydrogens is 374 g/mol. The lowest BCUT2D eigenvalue weighted by Gasteiger charge is -2.35. The zero-order chi connectivity index (χ0) is 19.8. The summed E-state index contributed by atoms with van der Waals surface area (Å²) in [5, 5.41) is 5.38. The topological polar surface area (TPSA) is 68.5 Å². The minimum absolute atomic E-state index is 0.0560. The van der Waals surface area contributed by atoms with E-state index in [1.165, 1.54) is 4.88 Å². The summed E-state index contributed by atoms with van der Waals surface area (Å²) in [6.45, 7) is 5.77. The van der Waals surface area contributed by atoms with Crippen molar-refractivity contribution in [1.82, 2.24) is 5.32 Å². The highest BCUT2D eigenvalue weighted by molar-refractivity contribution is 7.10. The molecule has 0 bridgehead atoms. The Labute approximate surface area is 168 Å². The zero-order valence-electron chi connectivity index (χ0n) is 16.2. The van der Waals surface area contributed by atoms with Crippen molar-refractivity contribution in [2.75, 3.05) is 6.61 Å². The molecule has 2 aromatic heterocycles. The van der Waals surface area contributed by atoms with Gasteiger partial charge in [-0.3, -0.25) is 4.79 Å². The van der Waals surface area contributed by atoms with E-state index in [0.29, 0.717) is 23.3 Å². The Hall–Kier alpha value is -2.60. The number of carbonyl (C=O) groups excluding carboxylic acids is 2. The molecule has 0 fully saturated rings. The number of carbonyl (C=O) groups is 2. The van der Waals surface area contributed by atoms with Crippen LogP contribution in [0.5, 0.6) is 0 Å². The smallest absolute Gasteiger partial charge is 0.336 e. The molecule has 0 unspecified atom stereocenters. The van der Waals surface area contributed by atoms with Gasteiger partial charge in [0, 0.05) is 34.2 Å². The second-order valence-corrected chi connectivity index (χ2v) is 8.18. The third-order valence-electron chi connectivity index (χ3n) is 5.31. The number of thiophene rings is 1. The Morgan fingerprint density at radius 3 is 2.75 bits per heavy atom. The van der Waals surface area contributed by atoms with Crippen LogP contribution in [0.4, 0.5) is 0 Å². The van der Waals surface area contributed by atoms with Gasteiger partial charge in [-0.25, -0.2) is 4.79 Å². The van der Waals surface area contributed by atoms with Crippen LogP contribution in [0.2, 0.25) is 0 Å². The molecule has 0 amide bonds. The van der Waals surface area contributed by atoms with E-state index in [-0.39, 0.29) is 18.3 Å². The standard InChI is InChI=1S/C22H23NO4S/c1-4-26-22(25)19-13(3)23-15-10-14(18-6-5-9-28-18)11-16(24)20(15)21(19)17-8-7-12(2)27-17/h5-9,14,21,23H,4,10-11H2,1-3H3/t14-,21+/m0/s1. The lowest BCUT2D eigenvalue weighted by molar-refractivity contribution is -0.138. The van der Waals surface area contributed by atoms with Crippen molar-refractivity contribution < 1.29 is 18.7 Å². The Morgan fingerprint density at radius 1 is 1.29 bits per heavy atom. The maximum atomic E-state index is 13.2. The van der Waals surface area contributed by atoms with Gasteiger partial charge in [-0.2, -0.15) is 0 Å². The number of ketones is 1. The molecule has 1 aliphatic heterocycles. The van der Waals surface area contributed by atoms with Gasteiger partial charge in [0.1, 0.15) is 11.5 Å². The van der Waals surface area contributed by atoms with Gasteiger partial charge in [0.2, 0.25) is 0 Å². The zero-order valence-corrected chi connectivity index (χ0v) is 17.0. The molecule has 0 saturated heterocycles. The number of Topliss-reactive ketones (excluding diaryl/α,β-unsaturated/α-hetero) is 1. The maximum absolute atomic E-state index is 13.2. The fourth-order valence-corrected chi connectivity index (χ4v) is 4.97. The first-order chi connectivity index (χ1) is 13.5. The third-order valence-corrected chi connectivity index (χ3v) is 6.35. The van der Waals surface area contributed by atoms with E-state index < -0.39 is 11.9 Å². The van der Waals surface area contributed by atoms with Gasteiger partial charge in [-0.05, 0) is 50.8 Å². The van der Waals surface area contributed by atoms with Crippen LogP contribution in [0.1, 0.15) is 54.9 Å². The Balaban J connectivity index is 1.80. The van der Waals surface area contributed by atoms with Gasteiger partial charge in [0.05, 0.1) is 18.1 Å². The number of nitrogens with one attached hydrogen (secondary N) is 1. The molecule has 146 valence electrons. The maximum Gasteiger partial charge on any atom is 0.336 e. The third kappa shape index (κ3) is 3.22. The van der Waals surface area contributed by atoms with Gasteiger partial charge in [-0.15, -0.1) is 11.3 Å². The number of esters is 1. The highest BCUT2D eigenvalue weighted by Crippen LogP contribution is 2.46. The first-order valence-electron chi connectivity index (χ1n) is 9.50. The van der Waals surface area contributed by atoms with Crippen LogP contribution in [-0.2, 0) is 14.3 Å². The average Bonchev–Trinajstić information content (AvgIpc) is 3.32. The van der Waals surface area contributed by atoms with E-state index in [1.54, 1.807) is 18.3 Å². The van der Waals surface area contributed by atoms with E-state index in [1.807, 2.05) is 37.4 Å². The van der Waals surface area contributed by atoms with E-state index >= 15 is 0 Å². The fourth-order valence-electron chi connectivity index (χ4n) is 4.14. The lowest BCUT2D eigenvalue weighted by atomic mass is 9.74. The normalized spacial score (nSPS) is 22.2. The minimum Gasteiger partial charge on any atom is -0.465 e. The van der Waals surface area contributed by atoms with E-state index in [2.05, 4.69) is 11.4 Å². The predicted molar refractivity (Wildman–Crippen MR) is 107 cm³/mol. The van der Waals surface area contributed by atoms with Crippen molar-refractivity contribution in [2.24, 2.45) is 0 Å². The quantitative estimate of drug-likeness (QED) is 0.765. The van der Waals surface area contributed by atoms with Crippen LogP contribution >= 0.6 is 11.3 Å². The molecule has 0 saturated carbocycles. The number of ether oxygens (including phenoxy) is 1. The van der Waals surface area contributed by atoms with E-state index in [4.69, 9.17) is 9.15 Å². The number of hydrogen-bond donors (Lipinski definition) is 1. The van der Waals surface area contributed by atoms with Crippen molar-refractivity contribution >= 4 is 23.1 Å². The predicted octanol–water partition coefficient (Wildman–Crippen LogP) is 4.57. The van der Waals surface area contributed by atoms with E-state index in [9.17, 15) is 9.59 Å².